The van der Waals surface area contributed by atoms with Crippen LogP contribution in [0.25, 0.3) is 97.7 Å². The van der Waals surface area contributed by atoms with Gasteiger partial charge in [-0.25, -0.2) is 0 Å². The molecule has 0 amide bonds. The van der Waals surface area contributed by atoms with Crippen LogP contribution in [-0.2, 0) is 10.8 Å². The molecule has 0 aliphatic carbocycles. The first-order valence-corrected chi connectivity index (χ1v) is 26.1. The Morgan fingerprint density at radius 1 is 0.284 bits per heavy atom. The number of para-hydroxylation sites is 4. The van der Waals surface area contributed by atoms with Gasteiger partial charge in [0.1, 0.15) is 0 Å². The van der Waals surface area contributed by atoms with Gasteiger partial charge in [-0.05, 0) is 141 Å². The molecule has 0 aliphatic heterocycles. The van der Waals surface area contributed by atoms with Crippen LogP contribution < -0.4 is 9.80 Å². The zero-order chi connectivity index (χ0) is 49.8. The van der Waals surface area contributed by atoms with Crippen LogP contribution in [0.1, 0.15) is 52.7 Å². The summed E-state index contributed by atoms with van der Waals surface area (Å²) in [6.45, 7) is 14.2. The monoisotopic (exact) mass is 950 g/mol. The average Bonchev–Trinajstić information content (AvgIpc) is 4.23. The maximum atomic E-state index is 2.64. The molecule has 15 aromatic rings. The van der Waals surface area contributed by atoms with E-state index >= 15 is 0 Å². The van der Waals surface area contributed by atoms with Gasteiger partial charge < -0.3 is 18.6 Å². The Bertz CT molecular complexity index is 4330. The van der Waals surface area contributed by atoms with Crippen molar-refractivity contribution in [2.24, 2.45) is 0 Å². The van der Waals surface area contributed by atoms with Crippen molar-refractivity contribution in [3.63, 3.8) is 0 Å². The second-order valence-electron chi connectivity index (χ2n) is 22.6. The lowest BCUT2D eigenvalue weighted by Crippen LogP contribution is -2.11. The molecule has 74 heavy (non-hydrogen) atoms. The molecule has 0 radical (unpaired) electrons. The smallest absolute Gasteiger partial charge is 0.0789 e. The third-order valence-corrected chi connectivity index (χ3v) is 16.1. The Balaban J connectivity index is 1.18. The van der Waals surface area contributed by atoms with Crippen LogP contribution in [0.5, 0.6) is 0 Å². The van der Waals surface area contributed by atoms with Gasteiger partial charge >= 0.3 is 0 Å². The molecule has 0 fully saturated rings. The van der Waals surface area contributed by atoms with E-state index in [1.807, 2.05) is 0 Å². The fourth-order valence-corrected chi connectivity index (χ4v) is 12.6. The normalized spacial score (nSPS) is 12.7. The van der Waals surface area contributed by atoms with Gasteiger partial charge in [0.05, 0.1) is 44.5 Å². The zero-order valence-electron chi connectivity index (χ0n) is 42.6. The van der Waals surface area contributed by atoms with E-state index in [9.17, 15) is 0 Å². The minimum Gasteiger partial charge on any atom is -0.308 e. The first kappa shape index (κ1) is 42.8. The Labute approximate surface area is 430 Å². The minimum atomic E-state index is -0.108. The average molecular weight is 951 g/mol. The van der Waals surface area contributed by atoms with Crippen molar-refractivity contribution >= 4 is 132 Å². The molecule has 0 spiro atoms. The predicted octanol–water partition coefficient (Wildman–Crippen LogP) is 19.8. The van der Waals surface area contributed by atoms with Gasteiger partial charge in [-0.15, -0.1) is 0 Å². The topological polar surface area (TPSA) is 15.3 Å². The van der Waals surface area contributed by atoms with Crippen LogP contribution in [0.15, 0.2) is 218 Å². The summed E-state index contributed by atoms with van der Waals surface area (Å²) in [6.07, 6.45) is 0. The Morgan fingerprint density at radius 3 is 0.932 bits per heavy atom. The van der Waals surface area contributed by atoms with Crippen LogP contribution in [0.2, 0.25) is 0 Å². The number of aromatic nitrogens is 2. The van der Waals surface area contributed by atoms with Crippen molar-refractivity contribution in [1.82, 2.24) is 8.80 Å². The third-order valence-electron chi connectivity index (χ3n) is 16.1. The first-order valence-electron chi connectivity index (χ1n) is 26.1. The van der Waals surface area contributed by atoms with E-state index in [1.54, 1.807) is 0 Å². The number of benzene rings is 11. The summed E-state index contributed by atoms with van der Waals surface area (Å²) in [5.41, 5.74) is 16.6. The molecule has 4 aromatic heterocycles. The van der Waals surface area contributed by atoms with Crippen molar-refractivity contribution in [3.05, 3.63) is 230 Å². The van der Waals surface area contributed by atoms with Crippen LogP contribution >= 0.6 is 0 Å². The predicted molar refractivity (Wildman–Crippen MR) is 318 cm³/mol. The molecule has 11 aromatic carbocycles. The molecule has 4 heteroatoms. The summed E-state index contributed by atoms with van der Waals surface area (Å²) in [4.78, 5) is 4.94. The molecule has 4 heterocycles. The summed E-state index contributed by atoms with van der Waals surface area (Å²) >= 11 is 0. The SMILES string of the molecule is CC(C)(C)c1cc2c3cc4c(cc3n3c5c(N(c6ccccc6)c6ccccc6)cc6ccccc6c5c(c1)c23)c1cc(C(C)(C)C)cc2c3c5ccccc5cc(N(c5ccccc5)c5ccccc5)c3n4c12. The van der Waals surface area contributed by atoms with Crippen molar-refractivity contribution in [2.45, 2.75) is 52.4 Å². The molecule has 4 nitrogen and oxygen atoms in total. The van der Waals surface area contributed by atoms with E-state index in [0.29, 0.717) is 0 Å². The van der Waals surface area contributed by atoms with Crippen LogP contribution in [-0.4, -0.2) is 8.80 Å². The lowest BCUT2D eigenvalue weighted by Gasteiger charge is -2.27. The van der Waals surface area contributed by atoms with Crippen molar-refractivity contribution in [1.29, 1.82) is 0 Å². The summed E-state index contributed by atoms with van der Waals surface area (Å²) in [5.74, 6) is 0. The molecule has 0 saturated heterocycles. The molecular weight excluding hydrogens is 897 g/mol. The van der Waals surface area contributed by atoms with E-state index in [1.165, 1.54) is 109 Å². The summed E-state index contributed by atoms with van der Waals surface area (Å²) < 4.78 is 5.29. The van der Waals surface area contributed by atoms with E-state index in [4.69, 9.17) is 0 Å². The minimum absolute atomic E-state index is 0.108. The van der Waals surface area contributed by atoms with Crippen molar-refractivity contribution in [2.75, 3.05) is 9.80 Å². The fraction of sp³-hybridized carbons (Fsp3) is 0.114. The number of fused-ring (bicyclic) bond motifs is 16. The number of hydrogen-bond acceptors (Lipinski definition) is 2. The van der Waals surface area contributed by atoms with Crippen molar-refractivity contribution < 1.29 is 0 Å². The van der Waals surface area contributed by atoms with Gasteiger partial charge in [-0.1, -0.05) is 163 Å². The maximum Gasteiger partial charge on any atom is 0.0789 e. The van der Waals surface area contributed by atoms with Gasteiger partial charge in [0.15, 0.2) is 0 Å². The van der Waals surface area contributed by atoms with Gasteiger partial charge in [-0.2, -0.15) is 0 Å². The summed E-state index contributed by atoms with van der Waals surface area (Å²) in [5, 5.41) is 15.2. The highest BCUT2D eigenvalue weighted by molar-refractivity contribution is 6.35. The van der Waals surface area contributed by atoms with E-state index < -0.39 is 0 Å². The standard InChI is InChI=1S/C70H54N4/c1-69(2,3)45-37-55-53-41-60-54(42-59(53)73-65(55)57(39-45)63-51-33-21-19-23-43(51)35-61(67(63)73)71(47-25-11-7-12-26-47)48-27-13-8-14-28-48)56-38-46(70(4,5)6)40-58-64-52-34-22-20-24-44(52)36-62(68(64)74(60)66(56)58)72(49-29-15-9-16-30-49)50-31-17-10-18-32-50/h7-42H,1-6H3. The fourth-order valence-electron chi connectivity index (χ4n) is 12.6. The van der Waals surface area contributed by atoms with Crippen molar-refractivity contribution in [3.8, 4) is 0 Å². The second kappa shape index (κ2) is 15.3. The highest BCUT2D eigenvalue weighted by Crippen LogP contribution is 2.53. The molecule has 15 rings (SSSR count). The van der Waals surface area contributed by atoms with E-state index in [0.717, 1.165) is 34.1 Å². The Morgan fingerprint density at radius 2 is 0.595 bits per heavy atom. The zero-order valence-corrected chi connectivity index (χ0v) is 42.6. The molecule has 0 bridgehead atoms. The quantitative estimate of drug-likeness (QED) is 0.165. The van der Waals surface area contributed by atoms with Gasteiger partial charge in [0.2, 0.25) is 0 Å². The number of nitrogens with zero attached hydrogens (tertiary/aromatic N) is 4. The second-order valence-corrected chi connectivity index (χ2v) is 22.6. The highest BCUT2D eigenvalue weighted by atomic mass is 15.2. The van der Waals surface area contributed by atoms with Gasteiger partial charge in [0, 0.05) is 65.8 Å². The third kappa shape index (κ3) is 6.03. The Kier molecular flexibility index (Phi) is 8.87. The van der Waals surface area contributed by atoms with E-state index in [2.05, 4.69) is 279 Å². The number of hydrogen-bond donors (Lipinski definition) is 0. The van der Waals surface area contributed by atoms with Gasteiger partial charge in [0.25, 0.3) is 0 Å². The molecule has 354 valence electrons. The highest BCUT2D eigenvalue weighted by Gasteiger charge is 2.31. The number of anilines is 6. The molecular formula is C70H54N4. The molecule has 0 saturated carbocycles. The molecule has 0 aliphatic rings. The Hall–Kier alpha value is -8.86. The number of rotatable bonds is 6. The van der Waals surface area contributed by atoms with Crippen LogP contribution in [0.4, 0.5) is 34.1 Å². The van der Waals surface area contributed by atoms with Crippen LogP contribution in [0, 0.1) is 0 Å². The lowest BCUT2D eigenvalue weighted by atomic mass is 9.84. The maximum absolute atomic E-state index is 2.64. The van der Waals surface area contributed by atoms with Crippen LogP contribution in [0.3, 0.4) is 0 Å². The summed E-state index contributed by atoms with van der Waals surface area (Å²) in [7, 11) is 0. The largest absolute Gasteiger partial charge is 0.308 e. The molecule has 0 N–H and O–H groups in total. The summed E-state index contributed by atoms with van der Waals surface area (Å²) in [6, 6.07) is 81.7. The lowest BCUT2D eigenvalue weighted by molar-refractivity contribution is 0.591. The molecule has 0 atom stereocenters. The van der Waals surface area contributed by atoms with E-state index in [-0.39, 0.29) is 10.8 Å². The first-order chi connectivity index (χ1) is 36.0. The van der Waals surface area contributed by atoms with Gasteiger partial charge in [-0.3, -0.25) is 0 Å². The molecule has 0 unspecified atom stereocenters.